The first-order valence-electron chi connectivity index (χ1n) is 5.49. The average Bonchev–Trinajstić information content (AvgIpc) is 2.69. The monoisotopic (exact) mass is 243 g/mol. The first-order valence-corrected chi connectivity index (χ1v) is 5.49. The summed E-state index contributed by atoms with van der Waals surface area (Å²) < 4.78 is 6.45. The summed E-state index contributed by atoms with van der Waals surface area (Å²) in [6.45, 7) is 12.3. The van der Waals surface area contributed by atoms with Gasteiger partial charge in [-0.05, 0) is 32.9 Å². The van der Waals surface area contributed by atoms with E-state index in [0.29, 0.717) is 11.2 Å². The van der Waals surface area contributed by atoms with E-state index in [1.54, 1.807) is 45.2 Å². The Balaban J connectivity index is 2.42. The van der Waals surface area contributed by atoms with Gasteiger partial charge in [0.1, 0.15) is 5.60 Å². The van der Waals surface area contributed by atoms with E-state index in [1.807, 2.05) is 0 Å². The van der Waals surface area contributed by atoms with Crippen LogP contribution in [0.5, 0.6) is 0 Å². The lowest BCUT2D eigenvalue weighted by Gasteiger charge is -2.19. The highest BCUT2D eigenvalue weighted by molar-refractivity contribution is 5.89. The lowest BCUT2D eigenvalue weighted by molar-refractivity contribution is 0.0523. The summed E-state index contributed by atoms with van der Waals surface area (Å²) in [5.74, 6) is 0. The Morgan fingerprint density at radius 3 is 2.78 bits per heavy atom. The number of ether oxygens (including phenoxy) is 1. The molecule has 0 aliphatic carbocycles. The van der Waals surface area contributed by atoms with Gasteiger partial charge in [-0.1, -0.05) is 6.07 Å². The van der Waals surface area contributed by atoms with Gasteiger partial charge in [-0.2, -0.15) is 9.78 Å². The van der Waals surface area contributed by atoms with Crippen LogP contribution in [0.4, 0.5) is 10.5 Å². The van der Waals surface area contributed by atoms with E-state index in [-0.39, 0.29) is 0 Å². The lowest BCUT2D eigenvalue weighted by Crippen LogP contribution is -2.27. The fourth-order valence-corrected chi connectivity index (χ4v) is 1.54. The van der Waals surface area contributed by atoms with E-state index in [0.717, 1.165) is 5.39 Å². The molecule has 0 radical (unpaired) electrons. The Hall–Kier alpha value is -2.35. The number of nitrogens with zero attached hydrogens (tertiary/aromatic N) is 3. The summed E-state index contributed by atoms with van der Waals surface area (Å²) in [5, 5.41) is 4.74. The highest BCUT2D eigenvalue weighted by atomic mass is 16.6. The molecule has 0 spiro atoms. The largest absolute Gasteiger partial charge is 0.442 e. The summed E-state index contributed by atoms with van der Waals surface area (Å²) in [6, 6.07) is 5.04. The minimum absolute atomic E-state index is 0.520. The van der Waals surface area contributed by atoms with Gasteiger partial charge in [0.2, 0.25) is 0 Å². The predicted molar refractivity (Wildman–Crippen MR) is 67.6 cm³/mol. The molecule has 5 heteroatoms. The number of rotatable bonds is 0. The van der Waals surface area contributed by atoms with Crippen LogP contribution in [0.2, 0.25) is 0 Å². The zero-order chi connectivity index (χ0) is 13.3. The summed E-state index contributed by atoms with van der Waals surface area (Å²) >= 11 is 0. The van der Waals surface area contributed by atoms with Crippen molar-refractivity contribution in [2.75, 3.05) is 0 Å². The molecular weight excluding hydrogens is 230 g/mol. The van der Waals surface area contributed by atoms with Crippen LogP contribution in [-0.4, -0.2) is 21.5 Å². The van der Waals surface area contributed by atoms with Crippen LogP contribution in [0.3, 0.4) is 0 Å². The van der Waals surface area contributed by atoms with Crippen LogP contribution in [0, 0.1) is 6.57 Å². The number of benzene rings is 1. The zero-order valence-electron chi connectivity index (χ0n) is 10.5. The number of hydrogen-bond acceptors (Lipinski definition) is 3. The Morgan fingerprint density at radius 2 is 2.17 bits per heavy atom. The molecule has 92 valence electrons. The fraction of sp³-hybridized carbons (Fsp3) is 0.308. The SMILES string of the molecule is [C-]#[N+]c1ccc2c(cnn2C(=O)OC(C)(C)C)c1. The molecule has 0 amide bonds. The molecule has 0 fully saturated rings. The van der Waals surface area contributed by atoms with Gasteiger partial charge in [0.15, 0.2) is 5.69 Å². The standard InChI is InChI=1S/C13H13N3O2/c1-13(2,3)18-12(17)16-11-6-5-10(14-4)7-9(11)8-15-16/h5-8H,1-3H3. The van der Waals surface area contributed by atoms with Gasteiger partial charge in [0.25, 0.3) is 0 Å². The second kappa shape index (κ2) is 4.15. The second-order valence-electron chi connectivity index (χ2n) is 4.89. The third-order valence-electron chi connectivity index (χ3n) is 2.25. The maximum absolute atomic E-state index is 11.9. The lowest BCUT2D eigenvalue weighted by atomic mass is 10.2. The molecule has 0 aliphatic heterocycles. The van der Waals surface area contributed by atoms with E-state index in [1.165, 1.54) is 4.68 Å². The van der Waals surface area contributed by atoms with Crippen LogP contribution < -0.4 is 0 Å². The third-order valence-corrected chi connectivity index (χ3v) is 2.25. The zero-order valence-corrected chi connectivity index (χ0v) is 10.5. The summed E-state index contributed by atoms with van der Waals surface area (Å²) in [4.78, 5) is 15.2. The van der Waals surface area contributed by atoms with Crippen molar-refractivity contribution in [1.29, 1.82) is 0 Å². The predicted octanol–water partition coefficient (Wildman–Crippen LogP) is 3.37. The summed E-state index contributed by atoms with van der Waals surface area (Å²) in [7, 11) is 0. The van der Waals surface area contributed by atoms with Gasteiger partial charge in [-0.3, -0.25) is 0 Å². The highest BCUT2D eigenvalue weighted by Crippen LogP contribution is 2.21. The molecule has 1 aromatic carbocycles. The second-order valence-corrected chi connectivity index (χ2v) is 4.89. The molecule has 0 unspecified atom stereocenters. The van der Waals surface area contributed by atoms with Crippen molar-refractivity contribution in [1.82, 2.24) is 9.78 Å². The van der Waals surface area contributed by atoms with Crippen LogP contribution in [0.1, 0.15) is 20.8 Å². The molecule has 1 aromatic heterocycles. The van der Waals surface area contributed by atoms with Gasteiger partial charge in [-0.25, -0.2) is 9.64 Å². The van der Waals surface area contributed by atoms with E-state index < -0.39 is 11.7 Å². The number of carbonyl (C=O) groups is 1. The maximum atomic E-state index is 11.9. The Morgan fingerprint density at radius 1 is 1.44 bits per heavy atom. The topological polar surface area (TPSA) is 48.5 Å². The third kappa shape index (κ3) is 2.33. The fourth-order valence-electron chi connectivity index (χ4n) is 1.54. The van der Waals surface area contributed by atoms with Crippen LogP contribution in [-0.2, 0) is 4.74 Å². The Bertz CT molecular complexity index is 644. The van der Waals surface area contributed by atoms with Crippen LogP contribution >= 0.6 is 0 Å². The first kappa shape index (κ1) is 12.1. The molecule has 5 nitrogen and oxygen atoms in total. The van der Waals surface area contributed by atoms with Crippen LogP contribution in [0.25, 0.3) is 15.7 Å². The molecule has 2 rings (SSSR count). The van der Waals surface area contributed by atoms with E-state index in [4.69, 9.17) is 11.3 Å². The Labute approximate surface area is 105 Å². The van der Waals surface area contributed by atoms with Gasteiger partial charge in [0.05, 0.1) is 18.3 Å². The average molecular weight is 243 g/mol. The van der Waals surface area contributed by atoms with E-state index >= 15 is 0 Å². The smallest absolute Gasteiger partial charge is 0.435 e. The van der Waals surface area contributed by atoms with Crippen molar-refractivity contribution in [3.05, 3.63) is 35.8 Å². The molecule has 0 bridgehead atoms. The molecule has 18 heavy (non-hydrogen) atoms. The Kier molecular flexibility index (Phi) is 2.79. The first-order chi connectivity index (χ1) is 8.40. The normalized spacial score (nSPS) is 11.2. The number of fused-ring (bicyclic) bond motifs is 1. The minimum Gasteiger partial charge on any atom is -0.442 e. The van der Waals surface area contributed by atoms with E-state index in [2.05, 4.69) is 9.94 Å². The van der Waals surface area contributed by atoms with Gasteiger partial charge in [-0.15, -0.1) is 0 Å². The molecule has 0 saturated heterocycles. The van der Waals surface area contributed by atoms with Gasteiger partial charge >= 0.3 is 6.09 Å². The van der Waals surface area contributed by atoms with Crippen molar-refractivity contribution in [2.24, 2.45) is 0 Å². The molecule has 0 aliphatic rings. The molecular formula is C13H13N3O2. The van der Waals surface area contributed by atoms with Crippen LogP contribution in [0.15, 0.2) is 24.4 Å². The van der Waals surface area contributed by atoms with Crippen molar-refractivity contribution >= 4 is 22.7 Å². The van der Waals surface area contributed by atoms with Crippen molar-refractivity contribution in [3.63, 3.8) is 0 Å². The van der Waals surface area contributed by atoms with Gasteiger partial charge in [0, 0.05) is 5.39 Å². The number of aromatic nitrogens is 2. The summed E-state index contributed by atoms with van der Waals surface area (Å²) in [6.07, 6.45) is 1.03. The van der Waals surface area contributed by atoms with E-state index in [9.17, 15) is 4.79 Å². The molecule has 1 heterocycles. The molecule has 0 atom stereocenters. The quantitative estimate of drug-likeness (QED) is 0.666. The molecule has 2 aromatic rings. The summed E-state index contributed by atoms with van der Waals surface area (Å²) in [5.41, 5.74) is 0.592. The molecule has 0 saturated carbocycles. The maximum Gasteiger partial charge on any atom is 0.435 e. The van der Waals surface area contributed by atoms with Crippen molar-refractivity contribution in [3.8, 4) is 0 Å². The number of carbonyl (C=O) groups excluding carboxylic acids is 1. The molecule has 0 N–H and O–H groups in total. The minimum atomic E-state index is -0.564. The number of hydrogen-bond donors (Lipinski definition) is 0. The van der Waals surface area contributed by atoms with Crippen molar-refractivity contribution < 1.29 is 9.53 Å². The van der Waals surface area contributed by atoms with Crippen molar-refractivity contribution in [2.45, 2.75) is 26.4 Å². The van der Waals surface area contributed by atoms with Gasteiger partial charge < -0.3 is 4.74 Å². The highest BCUT2D eigenvalue weighted by Gasteiger charge is 2.19.